The summed E-state index contributed by atoms with van der Waals surface area (Å²) in [5, 5.41) is 17.3. The van der Waals surface area contributed by atoms with Gasteiger partial charge in [-0.1, -0.05) is 27.7 Å². The number of anilines is 1. The van der Waals surface area contributed by atoms with E-state index in [0.717, 1.165) is 18.5 Å². The van der Waals surface area contributed by atoms with Gasteiger partial charge in [-0.15, -0.1) is 0 Å². The van der Waals surface area contributed by atoms with Gasteiger partial charge in [0.25, 0.3) is 11.8 Å². The van der Waals surface area contributed by atoms with Crippen molar-refractivity contribution >= 4 is 29.3 Å². The highest BCUT2D eigenvalue weighted by Gasteiger charge is 2.64. The second-order valence-electron chi connectivity index (χ2n) is 18.0. The third-order valence-electron chi connectivity index (χ3n) is 12.9. The Morgan fingerprint density at radius 1 is 0.968 bits per heavy atom. The van der Waals surface area contributed by atoms with Gasteiger partial charge in [0.2, 0.25) is 11.8 Å². The number of hydrogen-bond acceptors (Lipinski definition) is 12. The first kappa shape index (κ1) is 45.3. The van der Waals surface area contributed by atoms with Gasteiger partial charge in [0.05, 0.1) is 37.6 Å². The van der Waals surface area contributed by atoms with Crippen LogP contribution in [-0.4, -0.2) is 119 Å². The number of benzene rings is 3. The van der Waals surface area contributed by atoms with Crippen molar-refractivity contribution in [1.82, 2.24) is 20.9 Å². The summed E-state index contributed by atoms with van der Waals surface area (Å²) in [5.41, 5.74) is 1.02. The van der Waals surface area contributed by atoms with Crippen LogP contribution in [0, 0.1) is 28.0 Å². The van der Waals surface area contributed by atoms with Crippen molar-refractivity contribution in [2.24, 2.45) is 10.8 Å². The lowest BCUT2D eigenvalue weighted by Crippen LogP contribution is -2.74. The monoisotopic (exact) mass is 868 g/mol. The SMILES string of the molecule is COCCN(C[C@H]1CN(c2ccc(C(=O)NC3C(C)(C)C(Oc4ccc(C#N)c(OC)c4)C3(C)C)cc2)CCO1)C1CC(Oc2ccc(C(=O)N[C@@H]3CCC(=O)NC3=O)c(F)c2)C1. The van der Waals surface area contributed by atoms with Gasteiger partial charge in [-0.3, -0.25) is 29.4 Å². The molecule has 2 saturated carbocycles. The molecule has 0 radical (unpaired) electrons. The number of piperidine rings is 1. The molecule has 3 aromatic rings. The molecule has 2 aliphatic heterocycles. The fourth-order valence-corrected chi connectivity index (χ4v) is 9.71. The number of amides is 4. The molecule has 2 heterocycles. The Morgan fingerprint density at radius 2 is 1.68 bits per heavy atom. The summed E-state index contributed by atoms with van der Waals surface area (Å²) in [6, 6.07) is 18.2. The number of nitriles is 1. The summed E-state index contributed by atoms with van der Waals surface area (Å²) in [7, 11) is 3.20. The zero-order valence-corrected chi connectivity index (χ0v) is 36.7. The van der Waals surface area contributed by atoms with Crippen molar-refractivity contribution in [1.29, 1.82) is 5.26 Å². The number of nitrogens with one attached hydrogen (secondary N) is 3. The second kappa shape index (κ2) is 18.9. The number of methoxy groups -OCH3 is 2. The predicted octanol–water partition coefficient (Wildman–Crippen LogP) is 4.62. The minimum Gasteiger partial charge on any atom is -0.495 e. The van der Waals surface area contributed by atoms with Gasteiger partial charge < -0.3 is 39.2 Å². The minimum absolute atomic E-state index is 0.0740. The molecule has 16 heteroatoms. The summed E-state index contributed by atoms with van der Waals surface area (Å²) in [6.07, 6.45) is 1.27. The van der Waals surface area contributed by atoms with E-state index in [0.29, 0.717) is 67.8 Å². The maximum atomic E-state index is 15.0. The van der Waals surface area contributed by atoms with Crippen LogP contribution in [-0.2, 0) is 19.1 Å². The second-order valence-corrected chi connectivity index (χ2v) is 18.0. The number of imide groups is 1. The molecular weight excluding hydrogens is 812 g/mol. The Kier molecular flexibility index (Phi) is 13.6. The van der Waals surface area contributed by atoms with E-state index in [4.69, 9.17) is 23.7 Å². The molecule has 2 aliphatic carbocycles. The van der Waals surface area contributed by atoms with Crippen LogP contribution in [0.4, 0.5) is 10.1 Å². The Bertz CT molecular complexity index is 2210. The third kappa shape index (κ3) is 9.91. The lowest BCUT2D eigenvalue weighted by atomic mass is 9.49. The zero-order chi connectivity index (χ0) is 45.1. The predicted molar refractivity (Wildman–Crippen MR) is 230 cm³/mol. The standard InChI is InChI=1S/C47H57FN6O9/c1-46(2)44(47(3,4)45(46)63-33-12-9-29(25-49)39(24-33)60-6)52-41(56)28-7-10-30(11-8-28)53-18-20-61-35(26-53)27-54(17-19-59-5)31-21-34(22-31)62-32-13-14-36(37(48)23-32)42(57)50-38-15-16-40(55)51-43(38)58/h7-14,23-24,31,34-35,38,44-45H,15-22,26-27H2,1-6H3,(H,50,57)(H,52,56)(H,51,55,58)/t31?,34?,35-,38-,44?,45?/m1/s1. The highest BCUT2D eigenvalue weighted by molar-refractivity contribution is 6.03. The molecule has 4 amide bonds. The fraction of sp³-hybridized carbons (Fsp3) is 0.511. The zero-order valence-electron chi connectivity index (χ0n) is 36.7. The van der Waals surface area contributed by atoms with E-state index in [1.165, 1.54) is 19.2 Å². The molecule has 336 valence electrons. The van der Waals surface area contributed by atoms with E-state index < -0.39 is 29.6 Å². The van der Waals surface area contributed by atoms with Crippen molar-refractivity contribution in [3.05, 3.63) is 83.2 Å². The number of ether oxygens (including phenoxy) is 5. The molecule has 4 fully saturated rings. The summed E-state index contributed by atoms with van der Waals surface area (Å²) in [4.78, 5) is 54.4. The molecule has 0 bridgehead atoms. The van der Waals surface area contributed by atoms with E-state index in [9.17, 15) is 24.4 Å². The molecule has 3 N–H and O–H groups in total. The molecule has 2 atom stereocenters. The Balaban J connectivity index is 0.893. The number of hydrogen-bond donors (Lipinski definition) is 3. The first-order valence-electron chi connectivity index (χ1n) is 21.5. The molecule has 15 nitrogen and oxygen atoms in total. The molecule has 0 aromatic heterocycles. The number of carbonyl (C=O) groups is 4. The van der Waals surface area contributed by atoms with E-state index in [-0.39, 0.29) is 65.5 Å². The van der Waals surface area contributed by atoms with Gasteiger partial charge in [-0.2, -0.15) is 5.26 Å². The Morgan fingerprint density at radius 3 is 2.35 bits per heavy atom. The third-order valence-corrected chi connectivity index (χ3v) is 12.9. The minimum atomic E-state index is -0.905. The summed E-state index contributed by atoms with van der Waals surface area (Å²) in [5.74, 6) is -1.30. The molecule has 4 aliphatic rings. The number of halogens is 1. The van der Waals surface area contributed by atoms with Crippen LogP contribution in [0.3, 0.4) is 0 Å². The average molecular weight is 869 g/mol. The highest BCUT2D eigenvalue weighted by Crippen LogP contribution is 2.55. The van der Waals surface area contributed by atoms with Crippen LogP contribution < -0.4 is 35.1 Å². The van der Waals surface area contributed by atoms with Crippen LogP contribution in [0.1, 0.15) is 79.7 Å². The van der Waals surface area contributed by atoms with E-state index in [1.54, 1.807) is 31.4 Å². The van der Waals surface area contributed by atoms with Gasteiger partial charge in [-0.05, 0) is 55.0 Å². The Labute approximate surface area is 367 Å². The first-order chi connectivity index (χ1) is 30.1. The van der Waals surface area contributed by atoms with Gasteiger partial charge in [0.15, 0.2) is 0 Å². The number of rotatable bonds is 16. The van der Waals surface area contributed by atoms with Crippen LogP contribution in [0.2, 0.25) is 0 Å². The van der Waals surface area contributed by atoms with Crippen LogP contribution in [0.15, 0.2) is 60.7 Å². The summed E-state index contributed by atoms with van der Waals surface area (Å²) >= 11 is 0. The highest BCUT2D eigenvalue weighted by atomic mass is 19.1. The van der Waals surface area contributed by atoms with Gasteiger partial charge in [0.1, 0.15) is 47.4 Å². The van der Waals surface area contributed by atoms with Crippen molar-refractivity contribution in [2.75, 3.05) is 58.5 Å². The molecule has 0 unspecified atom stereocenters. The largest absolute Gasteiger partial charge is 0.495 e. The van der Waals surface area contributed by atoms with Gasteiger partial charge in [-0.25, -0.2) is 4.39 Å². The van der Waals surface area contributed by atoms with Crippen molar-refractivity contribution in [3.8, 4) is 23.3 Å². The molecule has 63 heavy (non-hydrogen) atoms. The quantitative estimate of drug-likeness (QED) is 0.171. The van der Waals surface area contributed by atoms with Crippen LogP contribution in [0.25, 0.3) is 0 Å². The lowest BCUT2D eigenvalue weighted by Gasteiger charge is -2.63. The smallest absolute Gasteiger partial charge is 0.254 e. The van der Waals surface area contributed by atoms with Crippen LogP contribution in [0.5, 0.6) is 17.2 Å². The lowest BCUT2D eigenvalue weighted by molar-refractivity contribution is -0.164. The molecular formula is C47H57FN6O9. The molecule has 2 saturated heterocycles. The van der Waals surface area contributed by atoms with E-state index >= 15 is 4.39 Å². The maximum absolute atomic E-state index is 15.0. The van der Waals surface area contributed by atoms with E-state index in [2.05, 4.69) is 59.5 Å². The summed E-state index contributed by atoms with van der Waals surface area (Å²) < 4.78 is 44.7. The molecule has 0 spiro atoms. The summed E-state index contributed by atoms with van der Waals surface area (Å²) in [6.45, 7) is 12.2. The average Bonchev–Trinajstić information content (AvgIpc) is 3.25. The maximum Gasteiger partial charge on any atom is 0.254 e. The van der Waals surface area contributed by atoms with E-state index in [1.807, 2.05) is 24.3 Å². The van der Waals surface area contributed by atoms with Gasteiger partial charge >= 0.3 is 0 Å². The number of nitrogens with zero attached hydrogens (tertiary/aromatic N) is 3. The normalized spacial score (nSPS) is 24.8. The molecule has 7 rings (SSSR count). The van der Waals surface area contributed by atoms with Crippen LogP contribution >= 0.6 is 0 Å². The molecule has 3 aromatic carbocycles. The fourth-order valence-electron chi connectivity index (χ4n) is 9.71. The van der Waals surface area contributed by atoms with Crippen molar-refractivity contribution in [3.63, 3.8) is 0 Å². The van der Waals surface area contributed by atoms with Crippen molar-refractivity contribution < 1.29 is 47.3 Å². The first-order valence-corrected chi connectivity index (χ1v) is 21.5. The number of carbonyl (C=O) groups excluding carboxylic acids is 4. The van der Waals surface area contributed by atoms with Crippen molar-refractivity contribution in [2.45, 2.75) is 89.8 Å². The van der Waals surface area contributed by atoms with Gasteiger partial charge in [0, 0.05) is 98.8 Å². The number of morpholine rings is 1. The topological polar surface area (TPSA) is 181 Å². The Hall–Kier alpha value is -5.76.